The summed E-state index contributed by atoms with van der Waals surface area (Å²) in [5, 5.41) is 0. The van der Waals surface area contributed by atoms with Gasteiger partial charge >= 0.3 is 6.09 Å². The second-order valence-electron chi connectivity index (χ2n) is 5.20. The van der Waals surface area contributed by atoms with Crippen LogP contribution < -0.4 is 0 Å². The summed E-state index contributed by atoms with van der Waals surface area (Å²) in [6, 6.07) is 7.10. The Hall–Kier alpha value is -1.84. The Labute approximate surface area is 108 Å². The molecule has 1 amide bonds. The van der Waals surface area contributed by atoms with E-state index >= 15 is 0 Å². The van der Waals surface area contributed by atoms with Gasteiger partial charge in [0.05, 0.1) is 0 Å². The maximum Gasteiger partial charge on any atom is 0.410 e. The highest BCUT2D eigenvalue weighted by atomic mass is 16.6. The molecular formula is C14H19NO3. The van der Waals surface area contributed by atoms with Crippen LogP contribution >= 0.6 is 0 Å². The molecule has 0 N–H and O–H groups in total. The molecule has 0 aliphatic rings. The van der Waals surface area contributed by atoms with Crippen molar-refractivity contribution in [1.29, 1.82) is 0 Å². The lowest BCUT2D eigenvalue weighted by Crippen LogP contribution is -2.33. The van der Waals surface area contributed by atoms with E-state index in [1.807, 2.05) is 32.9 Å². The smallest absolute Gasteiger partial charge is 0.410 e. The summed E-state index contributed by atoms with van der Waals surface area (Å²) < 4.78 is 5.25. The molecule has 0 spiro atoms. The van der Waals surface area contributed by atoms with E-state index in [0.717, 1.165) is 11.8 Å². The molecule has 4 heteroatoms. The summed E-state index contributed by atoms with van der Waals surface area (Å²) in [6.07, 6.45) is 0.434. The predicted molar refractivity (Wildman–Crippen MR) is 69.5 cm³/mol. The van der Waals surface area contributed by atoms with Crippen LogP contribution in [0.25, 0.3) is 0 Å². The fourth-order valence-corrected chi connectivity index (χ4v) is 1.38. The fourth-order valence-electron chi connectivity index (χ4n) is 1.38. The first kappa shape index (κ1) is 14.2. The lowest BCUT2D eigenvalue weighted by molar-refractivity contribution is 0.0285. The number of ether oxygens (including phenoxy) is 1. The Morgan fingerprint density at radius 1 is 1.28 bits per heavy atom. The summed E-state index contributed by atoms with van der Waals surface area (Å²) in [6.45, 7) is 5.95. The number of aldehydes is 1. The molecule has 0 unspecified atom stereocenters. The van der Waals surface area contributed by atoms with Gasteiger partial charge in [0.25, 0.3) is 0 Å². The lowest BCUT2D eigenvalue weighted by atomic mass is 10.1. The van der Waals surface area contributed by atoms with Gasteiger partial charge in [-0.1, -0.05) is 24.3 Å². The van der Waals surface area contributed by atoms with Crippen LogP contribution in [-0.2, 0) is 11.3 Å². The van der Waals surface area contributed by atoms with Gasteiger partial charge in [0, 0.05) is 19.2 Å². The van der Waals surface area contributed by atoms with Gasteiger partial charge in [-0.3, -0.25) is 4.79 Å². The van der Waals surface area contributed by atoms with Crippen molar-refractivity contribution >= 4 is 12.4 Å². The Morgan fingerprint density at radius 3 is 2.28 bits per heavy atom. The van der Waals surface area contributed by atoms with Gasteiger partial charge < -0.3 is 9.64 Å². The number of amides is 1. The standard InChI is InChI=1S/C14H19NO3/c1-14(2,3)18-13(17)15(4)9-11-5-7-12(10-16)8-6-11/h5-8,10H,9H2,1-4H3. The van der Waals surface area contributed by atoms with Gasteiger partial charge in [-0.25, -0.2) is 4.79 Å². The minimum Gasteiger partial charge on any atom is -0.444 e. The van der Waals surface area contributed by atoms with E-state index in [4.69, 9.17) is 4.74 Å². The minimum absolute atomic E-state index is 0.359. The molecule has 18 heavy (non-hydrogen) atoms. The SMILES string of the molecule is CN(Cc1ccc(C=O)cc1)C(=O)OC(C)(C)C. The molecule has 0 saturated heterocycles. The topological polar surface area (TPSA) is 46.6 Å². The monoisotopic (exact) mass is 249 g/mol. The third kappa shape index (κ3) is 4.57. The number of nitrogens with zero attached hydrogens (tertiary/aromatic N) is 1. The molecular weight excluding hydrogens is 230 g/mol. The number of hydrogen-bond acceptors (Lipinski definition) is 3. The van der Waals surface area contributed by atoms with Crippen LogP contribution in [0, 0.1) is 0 Å². The van der Waals surface area contributed by atoms with Gasteiger partial charge in [-0.15, -0.1) is 0 Å². The highest BCUT2D eigenvalue weighted by Gasteiger charge is 2.19. The first-order valence-corrected chi connectivity index (χ1v) is 5.80. The van der Waals surface area contributed by atoms with Crippen LogP contribution in [0.5, 0.6) is 0 Å². The highest BCUT2D eigenvalue weighted by molar-refractivity contribution is 5.74. The molecule has 1 rings (SSSR count). The third-order valence-corrected chi connectivity index (χ3v) is 2.24. The van der Waals surface area contributed by atoms with Crippen molar-refractivity contribution in [1.82, 2.24) is 4.90 Å². The first-order chi connectivity index (χ1) is 8.31. The van der Waals surface area contributed by atoms with E-state index in [1.54, 1.807) is 19.2 Å². The lowest BCUT2D eigenvalue weighted by Gasteiger charge is -2.24. The average molecular weight is 249 g/mol. The van der Waals surface area contributed by atoms with Crippen LogP contribution in [0.4, 0.5) is 4.79 Å². The van der Waals surface area contributed by atoms with Crippen LogP contribution in [0.1, 0.15) is 36.7 Å². The van der Waals surface area contributed by atoms with Gasteiger partial charge in [0.15, 0.2) is 0 Å². The second kappa shape index (κ2) is 5.67. The Kier molecular flexibility index (Phi) is 4.48. The molecule has 0 aromatic heterocycles. The summed E-state index contributed by atoms with van der Waals surface area (Å²) in [5.74, 6) is 0. The van der Waals surface area contributed by atoms with Crippen molar-refractivity contribution in [2.75, 3.05) is 7.05 Å². The van der Waals surface area contributed by atoms with E-state index < -0.39 is 5.60 Å². The molecule has 0 bridgehead atoms. The number of carbonyl (C=O) groups excluding carboxylic acids is 2. The Bertz CT molecular complexity index is 418. The molecule has 4 nitrogen and oxygen atoms in total. The normalized spacial score (nSPS) is 10.9. The number of rotatable bonds is 3. The van der Waals surface area contributed by atoms with Crippen LogP contribution in [-0.4, -0.2) is 29.9 Å². The van der Waals surface area contributed by atoms with Crippen LogP contribution in [0.15, 0.2) is 24.3 Å². The molecule has 0 aliphatic carbocycles. The molecule has 0 fully saturated rings. The summed E-state index contributed by atoms with van der Waals surface area (Å²) in [7, 11) is 1.68. The quantitative estimate of drug-likeness (QED) is 0.774. The zero-order valence-corrected chi connectivity index (χ0v) is 11.3. The Morgan fingerprint density at radius 2 is 1.83 bits per heavy atom. The van der Waals surface area contributed by atoms with Crippen LogP contribution in [0.3, 0.4) is 0 Å². The largest absolute Gasteiger partial charge is 0.444 e. The molecule has 0 atom stereocenters. The summed E-state index contributed by atoms with van der Waals surface area (Å²) in [4.78, 5) is 23.8. The van der Waals surface area contributed by atoms with Gasteiger partial charge in [0.2, 0.25) is 0 Å². The molecule has 0 saturated carbocycles. The molecule has 1 aromatic rings. The van der Waals surface area contributed by atoms with Gasteiger partial charge in [-0.05, 0) is 26.3 Å². The zero-order chi connectivity index (χ0) is 13.8. The Balaban J connectivity index is 2.60. The molecule has 98 valence electrons. The van der Waals surface area contributed by atoms with Crippen LogP contribution in [0.2, 0.25) is 0 Å². The minimum atomic E-state index is -0.493. The molecule has 1 aromatic carbocycles. The van der Waals surface area contributed by atoms with E-state index in [9.17, 15) is 9.59 Å². The summed E-state index contributed by atoms with van der Waals surface area (Å²) in [5.41, 5.74) is 1.08. The summed E-state index contributed by atoms with van der Waals surface area (Å²) >= 11 is 0. The predicted octanol–water partition coefficient (Wildman–Crippen LogP) is 2.87. The van der Waals surface area contributed by atoms with Crippen molar-refractivity contribution < 1.29 is 14.3 Å². The van der Waals surface area contributed by atoms with E-state index in [-0.39, 0.29) is 6.09 Å². The third-order valence-electron chi connectivity index (χ3n) is 2.24. The van der Waals surface area contributed by atoms with Crippen molar-refractivity contribution in [3.05, 3.63) is 35.4 Å². The van der Waals surface area contributed by atoms with E-state index in [2.05, 4.69) is 0 Å². The van der Waals surface area contributed by atoms with E-state index in [1.165, 1.54) is 4.90 Å². The van der Waals surface area contributed by atoms with Crippen molar-refractivity contribution in [2.24, 2.45) is 0 Å². The molecule has 0 radical (unpaired) electrons. The van der Waals surface area contributed by atoms with Gasteiger partial charge in [0.1, 0.15) is 11.9 Å². The maximum absolute atomic E-state index is 11.7. The molecule has 0 aliphatic heterocycles. The van der Waals surface area contributed by atoms with Crippen molar-refractivity contribution in [2.45, 2.75) is 32.9 Å². The first-order valence-electron chi connectivity index (χ1n) is 5.80. The zero-order valence-electron chi connectivity index (χ0n) is 11.3. The molecule has 0 heterocycles. The number of carbonyl (C=O) groups is 2. The van der Waals surface area contributed by atoms with Crippen molar-refractivity contribution in [3.8, 4) is 0 Å². The van der Waals surface area contributed by atoms with Crippen molar-refractivity contribution in [3.63, 3.8) is 0 Å². The average Bonchev–Trinajstić information content (AvgIpc) is 2.27. The number of benzene rings is 1. The second-order valence-corrected chi connectivity index (χ2v) is 5.20. The maximum atomic E-state index is 11.7. The highest BCUT2D eigenvalue weighted by Crippen LogP contribution is 2.11. The van der Waals surface area contributed by atoms with E-state index in [0.29, 0.717) is 12.1 Å². The fraction of sp³-hybridized carbons (Fsp3) is 0.429. The number of hydrogen-bond donors (Lipinski definition) is 0. The van der Waals surface area contributed by atoms with Gasteiger partial charge in [-0.2, -0.15) is 0 Å².